The Kier molecular flexibility index (Phi) is 4.48. The summed E-state index contributed by atoms with van der Waals surface area (Å²) in [4.78, 5) is 8.82. The third-order valence-electron chi connectivity index (χ3n) is 3.45. The molecule has 23 heavy (non-hydrogen) atoms. The van der Waals surface area contributed by atoms with Crippen LogP contribution in [0.25, 0.3) is 22.2 Å². The van der Waals surface area contributed by atoms with Gasteiger partial charge in [0.1, 0.15) is 25.1 Å². The highest BCUT2D eigenvalue weighted by atomic mass is 18.2. The smallest absolute Gasteiger partial charge is 0.120 e. The SMILES string of the molecule is Cc1cncc(-c2ccc3cc(OC[C@H](O)C[18F])ccc3n2)c1. The number of benzene rings is 1. The summed E-state index contributed by atoms with van der Waals surface area (Å²) in [5.41, 5.74) is 3.75. The fourth-order valence-corrected chi connectivity index (χ4v) is 2.29. The molecule has 2 aromatic heterocycles. The molecule has 0 saturated heterocycles. The molecule has 0 radical (unpaired) electrons. The van der Waals surface area contributed by atoms with Crippen LogP contribution >= 0.6 is 0 Å². The van der Waals surface area contributed by atoms with Crippen LogP contribution in [0.5, 0.6) is 5.75 Å². The number of alkyl halides is 1. The van der Waals surface area contributed by atoms with Gasteiger partial charge < -0.3 is 9.84 Å². The molecule has 0 unspecified atom stereocenters. The van der Waals surface area contributed by atoms with Gasteiger partial charge in [0, 0.05) is 23.3 Å². The van der Waals surface area contributed by atoms with Gasteiger partial charge in [0.25, 0.3) is 0 Å². The Morgan fingerprint density at radius 1 is 1.17 bits per heavy atom. The molecule has 0 fully saturated rings. The van der Waals surface area contributed by atoms with Crippen molar-refractivity contribution < 1.29 is 14.2 Å². The zero-order chi connectivity index (χ0) is 16.2. The number of aryl methyl sites for hydroxylation is 1. The Labute approximate surface area is 133 Å². The van der Waals surface area contributed by atoms with E-state index < -0.39 is 12.8 Å². The van der Waals surface area contributed by atoms with Crippen molar-refractivity contribution in [2.75, 3.05) is 13.3 Å². The van der Waals surface area contributed by atoms with E-state index in [2.05, 4.69) is 9.97 Å². The maximum Gasteiger partial charge on any atom is 0.120 e. The number of nitrogens with zero attached hydrogens (tertiary/aromatic N) is 2. The quantitative estimate of drug-likeness (QED) is 0.785. The van der Waals surface area contributed by atoms with Crippen molar-refractivity contribution >= 4 is 10.9 Å². The summed E-state index contributed by atoms with van der Waals surface area (Å²) in [6.45, 7) is 1.11. The highest BCUT2D eigenvalue weighted by Crippen LogP contribution is 2.24. The molecule has 0 saturated carbocycles. The number of ether oxygens (including phenoxy) is 1. The van der Waals surface area contributed by atoms with Crippen molar-refractivity contribution in [3.05, 3.63) is 54.4 Å². The van der Waals surface area contributed by atoms with Gasteiger partial charge in [-0.05, 0) is 42.8 Å². The Morgan fingerprint density at radius 3 is 2.83 bits per heavy atom. The second-order valence-electron chi connectivity index (χ2n) is 5.42. The van der Waals surface area contributed by atoms with Gasteiger partial charge in [-0.25, -0.2) is 9.37 Å². The predicted molar refractivity (Wildman–Crippen MR) is 87.2 cm³/mol. The molecule has 2 heterocycles. The lowest BCUT2D eigenvalue weighted by Gasteiger charge is -2.10. The van der Waals surface area contributed by atoms with Crippen molar-refractivity contribution in [1.29, 1.82) is 0 Å². The highest BCUT2D eigenvalue weighted by Gasteiger charge is 2.06. The number of aliphatic hydroxyl groups is 1. The van der Waals surface area contributed by atoms with Gasteiger partial charge in [-0.15, -0.1) is 0 Å². The van der Waals surface area contributed by atoms with Gasteiger partial charge in [0.2, 0.25) is 0 Å². The maximum atomic E-state index is 12.2. The average molecular weight is 311 g/mol. The molecular formula is C18H17FN2O2. The van der Waals surface area contributed by atoms with E-state index in [0.717, 1.165) is 27.7 Å². The van der Waals surface area contributed by atoms with Gasteiger partial charge in [-0.3, -0.25) is 4.98 Å². The first kappa shape index (κ1) is 15.4. The molecule has 3 aromatic rings. The van der Waals surface area contributed by atoms with Crippen molar-refractivity contribution in [2.24, 2.45) is 0 Å². The largest absolute Gasteiger partial charge is 0.491 e. The molecule has 1 aromatic carbocycles. The maximum absolute atomic E-state index is 12.2. The van der Waals surface area contributed by atoms with Crippen LogP contribution in [0.15, 0.2) is 48.8 Å². The van der Waals surface area contributed by atoms with E-state index in [0.29, 0.717) is 5.75 Å². The molecule has 0 spiro atoms. The first-order chi connectivity index (χ1) is 11.2. The standard InChI is InChI=1S/C18H17FN2O2/c1-12-6-14(10-20-9-12)18-4-2-13-7-16(3-5-17(13)21-18)23-11-15(22)8-19/h2-7,9-10,15,22H,8,11H2,1H3/t15-/m1/s1/i19-1. The molecule has 5 heteroatoms. The molecule has 0 aliphatic rings. The minimum Gasteiger partial charge on any atom is -0.491 e. The van der Waals surface area contributed by atoms with Crippen molar-refractivity contribution in [2.45, 2.75) is 13.0 Å². The first-order valence-electron chi connectivity index (χ1n) is 7.35. The van der Waals surface area contributed by atoms with E-state index in [4.69, 9.17) is 4.74 Å². The van der Waals surface area contributed by atoms with Gasteiger partial charge in [0.15, 0.2) is 0 Å². The number of aromatic nitrogens is 2. The molecule has 118 valence electrons. The van der Waals surface area contributed by atoms with Gasteiger partial charge in [0.05, 0.1) is 11.2 Å². The Hall–Kier alpha value is -2.53. The van der Waals surface area contributed by atoms with Crippen LogP contribution in [0.3, 0.4) is 0 Å². The fraction of sp³-hybridized carbons (Fsp3) is 0.222. The van der Waals surface area contributed by atoms with Crippen LogP contribution in [-0.4, -0.2) is 34.5 Å². The van der Waals surface area contributed by atoms with Crippen molar-refractivity contribution in [1.82, 2.24) is 9.97 Å². The molecule has 3 rings (SSSR count). The fourth-order valence-electron chi connectivity index (χ4n) is 2.29. The molecule has 0 bridgehead atoms. The second-order valence-corrected chi connectivity index (χ2v) is 5.42. The minimum atomic E-state index is -1.10. The van der Waals surface area contributed by atoms with Crippen LogP contribution < -0.4 is 4.74 Å². The third-order valence-corrected chi connectivity index (χ3v) is 3.45. The molecule has 4 nitrogen and oxygen atoms in total. The second kappa shape index (κ2) is 6.71. The number of aliphatic hydroxyl groups excluding tert-OH is 1. The lowest BCUT2D eigenvalue weighted by Crippen LogP contribution is -2.19. The summed E-state index contributed by atoms with van der Waals surface area (Å²) < 4.78 is 17.6. The summed E-state index contributed by atoms with van der Waals surface area (Å²) in [5, 5.41) is 10.1. The minimum absolute atomic E-state index is 0.0670. The normalized spacial score (nSPS) is 12.3. The Bertz CT molecular complexity index is 823. The summed E-state index contributed by atoms with van der Waals surface area (Å²) >= 11 is 0. The summed E-state index contributed by atoms with van der Waals surface area (Å²) in [7, 11) is 0. The van der Waals surface area contributed by atoms with Gasteiger partial charge in [-0.1, -0.05) is 6.07 Å². The number of halogens is 1. The number of pyridine rings is 2. The molecule has 0 aliphatic carbocycles. The summed E-state index contributed by atoms with van der Waals surface area (Å²) in [5.74, 6) is 0.580. The molecule has 1 atom stereocenters. The zero-order valence-electron chi connectivity index (χ0n) is 12.7. The van der Waals surface area contributed by atoms with Crippen LogP contribution in [0.2, 0.25) is 0 Å². The Morgan fingerprint density at radius 2 is 2.04 bits per heavy atom. The van der Waals surface area contributed by atoms with E-state index in [1.165, 1.54) is 0 Å². The number of hydrogen-bond acceptors (Lipinski definition) is 4. The first-order valence-corrected chi connectivity index (χ1v) is 7.35. The number of fused-ring (bicyclic) bond motifs is 1. The van der Waals surface area contributed by atoms with Crippen LogP contribution in [0, 0.1) is 6.92 Å². The average Bonchev–Trinajstić information content (AvgIpc) is 2.59. The monoisotopic (exact) mass is 311 g/mol. The van der Waals surface area contributed by atoms with E-state index in [1.54, 1.807) is 18.5 Å². The van der Waals surface area contributed by atoms with Crippen LogP contribution in [0.4, 0.5) is 4.39 Å². The van der Waals surface area contributed by atoms with Gasteiger partial charge in [-0.2, -0.15) is 0 Å². The highest BCUT2D eigenvalue weighted by molar-refractivity contribution is 5.82. The zero-order valence-corrected chi connectivity index (χ0v) is 12.7. The van der Waals surface area contributed by atoms with E-state index in [9.17, 15) is 9.50 Å². The summed E-state index contributed by atoms with van der Waals surface area (Å²) in [6, 6.07) is 11.4. The number of hydrogen-bond donors (Lipinski definition) is 1. The Balaban J connectivity index is 1.87. The van der Waals surface area contributed by atoms with E-state index >= 15 is 0 Å². The predicted octanol–water partition coefficient (Wildman–Crippen LogP) is 3.31. The topological polar surface area (TPSA) is 55.2 Å². The number of rotatable bonds is 5. The van der Waals surface area contributed by atoms with Crippen LogP contribution in [-0.2, 0) is 0 Å². The van der Waals surface area contributed by atoms with E-state index in [-0.39, 0.29) is 6.61 Å². The lowest BCUT2D eigenvalue weighted by molar-refractivity contribution is 0.0842. The summed E-state index contributed by atoms with van der Waals surface area (Å²) in [6.07, 6.45) is 2.50. The van der Waals surface area contributed by atoms with Crippen molar-refractivity contribution in [3.8, 4) is 17.0 Å². The van der Waals surface area contributed by atoms with Crippen molar-refractivity contribution in [3.63, 3.8) is 0 Å². The third kappa shape index (κ3) is 3.63. The molecule has 1 N–H and O–H groups in total. The van der Waals surface area contributed by atoms with E-state index in [1.807, 2.05) is 37.3 Å². The molecule has 0 amide bonds. The molecule has 0 aliphatic heterocycles. The lowest BCUT2D eigenvalue weighted by atomic mass is 10.1. The van der Waals surface area contributed by atoms with Gasteiger partial charge >= 0.3 is 0 Å². The molecular weight excluding hydrogens is 294 g/mol. The van der Waals surface area contributed by atoms with Crippen LogP contribution in [0.1, 0.15) is 5.56 Å².